The summed E-state index contributed by atoms with van der Waals surface area (Å²) in [5.74, 6) is 1.54. The molecule has 3 N–H and O–H groups in total. The molecule has 3 rings (SSSR count). The summed E-state index contributed by atoms with van der Waals surface area (Å²) in [6.07, 6.45) is 0.898. The molecular weight excluding hydrogens is 256 g/mol. The lowest BCUT2D eigenvalue weighted by molar-refractivity contribution is 0.969. The van der Waals surface area contributed by atoms with Crippen LogP contribution in [-0.2, 0) is 6.42 Å². The zero-order valence-corrected chi connectivity index (χ0v) is 11.2. The molecule has 0 saturated carbocycles. The molecule has 0 atom stereocenters. The van der Waals surface area contributed by atoms with Gasteiger partial charge in [0.25, 0.3) is 0 Å². The Morgan fingerprint density at radius 1 is 1.16 bits per heavy atom. The highest BCUT2D eigenvalue weighted by Gasteiger charge is 2.08. The second-order valence-corrected chi connectivity index (χ2v) is 5.17. The maximum atomic E-state index is 5.54. The van der Waals surface area contributed by atoms with Crippen molar-refractivity contribution in [3.05, 3.63) is 47.3 Å². The van der Waals surface area contributed by atoms with Gasteiger partial charge in [0.15, 0.2) is 11.6 Å². The molecule has 0 bridgehead atoms. The SMILES string of the molecule is NCCc1ccc(-c2n[nH]c(-c3cccs3)n2)cc1. The van der Waals surface area contributed by atoms with E-state index in [2.05, 4.69) is 27.3 Å². The third-order valence-corrected chi connectivity index (χ3v) is 3.76. The van der Waals surface area contributed by atoms with Crippen molar-refractivity contribution in [3.8, 4) is 22.1 Å². The zero-order chi connectivity index (χ0) is 13.1. The Hall–Kier alpha value is -1.98. The molecule has 2 heterocycles. The third-order valence-electron chi connectivity index (χ3n) is 2.89. The smallest absolute Gasteiger partial charge is 0.181 e. The van der Waals surface area contributed by atoms with E-state index in [-0.39, 0.29) is 0 Å². The van der Waals surface area contributed by atoms with E-state index in [1.54, 1.807) is 11.3 Å². The van der Waals surface area contributed by atoms with Gasteiger partial charge in [-0.1, -0.05) is 30.3 Å². The number of nitrogens with two attached hydrogens (primary N) is 1. The first-order valence-electron chi connectivity index (χ1n) is 6.12. The van der Waals surface area contributed by atoms with Gasteiger partial charge in [-0.15, -0.1) is 11.3 Å². The molecule has 5 heteroatoms. The predicted molar refractivity (Wildman–Crippen MR) is 77.9 cm³/mol. The van der Waals surface area contributed by atoms with E-state index in [1.165, 1.54) is 5.56 Å². The molecule has 0 fully saturated rings. The number of nitrogens with one attached hydrogen (secondary N) is 1. The molecule has 0 amide bonds. The van der Waals surface area contributed by atoms with Crippen LogP contribution in [0.15, 0.2) is 41.8 Å². The van der Waals surface area contributed by atoms with Crippen molar-refractivity contribution < 1.29 is 0 Å². The van der Waals surface area contributed by atoms with Crippen LogP contribution < -0.4 is 5.73 Å². The molecule has 4 nitrogen and oxygen atoms in total. The highest BCUT2D eigenvalue weighted by atomic mass is 32.1. The molecular formula is C14H14N4S. The van der Waals surface area contributed by atoms with Crippen LogP contribution in [0.5, 0.6) is 0 Å². The van der Waals surface area contributed by atoms with Crippen molar-refractivity contribution in [1.29, 1.82) is 0 Å². The average molecular weight is 270 g/mol. The molecule has 3 aromatic rings. The summed E-state index contributed by atoms with van der Waals surface area (Å²) in [4.78, 5) is 5.61. The Bertz CT molecular complexity index is 640. The quantitative estimate of drug-likeness (QED) is 0.766. The van der Waals surface area contributed by atoms with Gasteiger partial charge in [0.2, 0.25) is 0 Å². The van der Waals surface area contributed by atoms with Crippen LogP contribution in [0, 0.1) is 0 Å². The van der Waals surface area contributed by atoms with Crippen LogP contribution in [0.4, 0.5) is 0 Å². The molecule has 0 saturated heterocycles. The zero-order valence-electron chi connectivity index (χ0n) is 10.3. The number of hydrogen-bond donors (Lipinski definition) is 2. The standard InChI is InChI=1S/C14H14N4S/c15-8-7-10-3-5-11(6-4-10)13-16-14(18-17-13)12-2-1-9-19-12/h1-6,9H,7-8,15H2,(H,16,17,18). The van der Waals surface area contributed by atoms with Crippen molar-refractivity contribution >= 4 is 11.3 Å². The molecule has 0 radical (unpaired) electrons. The second kappa shape index (κ2) is 5.34. The van der Waals surface area contributed by atoms with Gasteiger partial charge in [-0.2, -0.15) is 5.10 Å². The Morgan fingerprint density at radius 3 is 2.68 bits per heavy atom. The maximum absolute atomic E-state index is 5.54. The Morgan fingerprint density at radius 2 is 2.00 bits per heavy atom. The average Bonchev–Trinajstić information content (AvgIpc) is 3.11. The number of hydrogen-bond acceptors (Lipinski definition) is 4. The summed E-state index contributed by atoms with van der Waals surface area (Å²) in [6.45, 7) is 0.669. The van der Waals surface area contributed by atoms with Crippen molar-refractivity contribution in [2.24, 2.45) is 5.73 Å². The summed E-state index contributed by atoms with van der Waals surface area (Å²) < 4.78 is 0. The topological polar surface area (TPSA) is 67.6 Å². The highest BCUT2D eigenvalue weighted by molar-refractivity contribution is 7.13. The van der Waals surface area contributed by atoms with Gasteiger partial charge < -0.3 is 5.73 Å². The first-order valence-corrected chi connectivity index (χ1v) is 7.00. The molecule has 0 unspecified atom stereocenters. The van der Waals surface area contributed by atoms with E-state index in [0.717, 1.165) is 28.5 Å². The van der Waals surface area contributed by atoms with Crippen molar-refractivity contribution in [3.63, 3.8) is 0 Å². The van der Waals surface area contributed by atoms with Gasteiger partial charge in [0.1, 0.15) is 0 Å². The Labute approximate surface area is 115 Å². The van der Waals surface area contributed by atoms with Crippen LogP contribution in [0.3, 0.4) is 0 Å². The van der Waals surface area contributed by atoms with Crippen LogP contribution >= 0.6 is 11.3 Å². The van der Waals surface area contributed by atoms with Gasteiger partial charge in [-0.25, -0.2) is 4.98 Å². The number of aromatic nitrogens is 3. The molecule has 0 aliphatic carbocycles. The van der Waals surface area contributed by atoms with Crippen LogP contribution in [-0.4, -0.2) is 21.7 Å². The summed E-state index contributed by atoms with van der Waals surface area (Å²) >= 11 is 1.65. The van der Waals surface area contributed by atoms with E-state index in [4.69, 9.17) is 5.73 Å². The largest absolute Gasteiger partial charge is 0.330 e. The molecule has 1 aromatic carbocycles. The van der Waals surface area contributed by atoms with Crippen LogP contribution in [0.1, 0.15) is 5.56 Å². The first-order chi connectivity index (χ1) is 9.36. The van der Waals surface area contributed by atoms with E-state index in [9.17, 15) is 0 Å². The summed E-state index contributed by atoms with van der Waals surface area (Å²) in [6, 6.07) is 12.2. The van der Waals surface area contributed by atoms with Gasteiger partial charge in [0.05, 0.1) is 4.88 Å². The number of H-pyrrole nitrogens is 1. The van der Waals surface area contributed by atoms with E-state index < -0.39 is 0 Å². The number of nitrogens with zero attached hydrogens (tertiary/aromatic N) is 2. The summed E-state index contributed by atoms with van der Waals surface area (Å²) in [7, 11) is 0. The summed E-state index contributed by atoms with van der Waals surface area (Å²) in [5.41, 5.74) is 7.79. The fourth-order valence-corrected chi connectivity index (χ4v) is 2.57. The van der Waals surface area contributed by atoms with Crippen molar-refractivity contribution in [2.45, 2.75) is 6.42 Å². The van der Waals surface area contributed by atoms with Gasteiger partial charge in [0, 0.05) is 5.56 Å². The highest BCUT2D eigenvalue weighted by Crippen LogP contribution is 2.23. The maximum Gasteiger partial charge on any atom is 0.181 e. The monoisotopic (exact) mass is 270 g/mol. The second-order valence-electron chi connectivity index (χ2n) is 4.22. The minimum absolute atomic E-state index is 0.669. The molecule has 19 heavy (non-hydrogen) atoms. The minimum Gasteiger partial charge on any atom is -0.330 e. The first kappa shape index (κ1) is 12.1. The summed E-state index contributed by atoms with van der Waals surface area (Å²) in [5, 5.41) is 9.27. The molecule has 0 aliphatic heterocycles. The number of thiophene rings is 1. The van der Waals surface area contributed by atoms with E-state index in [1.807, 2.05) is 29.6 Å². The number of benzene rings is 1. The normalized spacial score (nSPS) is 10.8. The van der Waals surface area contributed by atoms with Gasteiger partial charge in [-0.3, -0.25) is 5.10 Å². The fraction of sp³-hybridized carbons (Fsp3) is 0.143. The van der Waals surface area contributed by atoms with Crippen molar-refractivity contribution in [2.75, 3.05) is 6.54 Å². The van der Waals surface area contributed by atoms with Crippen molar-refractivity contribution in [1.82, 2.24) is 15.2 Å². The Balaban J connectivity index is 1.86. The predicted octanol–water partition coefficient (Wildman–Crippen LogP) is 2.70. The molecule has 2 aromatic heterocycles. The lowest BCUT2D eigenvalue weighted by Crippen LogP contribution is -2.02. The van der Waals surface area contributed by atoms with Gasteiger partial charge in [-0.05, 0) is 30.0 Å². The number of rotatable bonds is 4. The van der Waals surface area contributed by atoms with E-state index in [0.29, 0.717) is 6.54 Å². The fourth-order valence-electron chi connectivity index (χ4n) is 1.90. The number of aromatic amines is 1. The Kier molecular flexibility index (Phi) is 3.39. The van der Waals surface area contributed by atoms with Gasteiger partial charge >= 0.3 is 0 Å². The lowest BCUT2D eigenvalue weighted by atomic mass is 10.1. The molecule has 0 spiro atoms. The molecule has 96 valence electrons. The lowest BCUT2D eigenvalue weighted by Gasteiger charge is -1.99. The third kappa shape index (κ3) is 2.57. The minimum atomic E-state index is 0.669. The van der Waals surface area contributed by atoms with Crippen LogP contribution in [0.2, 0.25) is 0 Å². The van der Waals surface area contributed by atoms with E-state index >= 15 is 0 Å². The molecule has 0 aliphatic rings. The van der Waals surface area contributed by atoms with Crippen LogP contribution in [0.25, 0.3) is 22.1 Å².